The molecule has 1 rings (SSSR count). The van der Waals surface area contributed by atoms with Crippen LogP contribution in [-0.2, 0) is 0 Å². The van der Waals surface area contributed by atoms with Gasteiger partial charge in [0.1, 0.15) is 0 Å². The minimum atomic E-state index is 0.481. The summed E-state index contributed by atoms with van der Waals surface area (Å²) in [6, 6.07) is 0.481. The van der Waals surface area contributed by atoms with Crippen LogP contribution in [0.4, 0.5) is 0 Å². The number of hydrogen-bond donors (Lipinski definition) is 1. The summed E-state index contributed by atoms with van der Waals surface area (Å²) in [5, 5.41) is 2.22. The van der Waals surface area contributed by atoms with Gasteiger partial charge in [-0.05, 0) is 38.8 Å². The molecule has 0 radical (unpaired) electrons. The van der Waals surface area contributed by atoms with Crippen LogP contribution in [0.15, 0.2) is 36.1 Å². The maximum absolute atomic E-state index is 3.69. The van der Waals surface area contributed by atoms with Gasteiger partial charge in [-0.3, -0.25) is 0 Å². The Morgan fingerprint density at radius 2 is 2.21 bits per heavy atom. The van der Waals surface area contributed by atoms with Crippen LogP contribution < -0.4 is 5.43 Å². The van der Waals surface area contributed by atoms with E-state index < -0.39 is 0 Å². The molecule has 1 heterocycles. The Morgan fingerprint density at radius 1 is 1.50 bits per heavy atom. The minimum absolute atomic E-state index is 0.481. The highest BCUT2D eigenvalue weighted by Crippen LogP contribution is 2.19. The van der Waals surface area contributed by atoms with Crippen molar-refractivity contribution in [3.63, 3.8) is 0 Å². The lowest BCUT2D eigenvalue weighted by atomic mass is 10.1. The zero-order valence-electron chi connectivity index (χ0n) is 9.38. The first-order valence-electron chi connectivity index (χ1n) is 5.18. The van der Waals surface area contributed by atoms with E-state index in [-0.39, 0.29) is 0 Å². The molecule has 0 bridgehead atoms. The third-order valence-corrected chi connectivity index (χ3v) is 2.39. The van der Waals surface area contributed by atoms with Crippen LogP contribution in [0.3, 0.4) is 0 Å². The Bertz CT molecular complexity index is 261. The molecule has 0 saturated carbocycles. The van der Waals surface area contributed by atoms with Gasteiger partial charge in [-0.25, -0.2) is 5.43 Å². The van der Waals surface area contributed by atoms with E-state index in [0.29, 0.717) is 6.04 Å². The fourth-order valence-electron chi connectivity index (χ4n) is 1.63. The van der Waals surface area contributed by atoms with Crippen LogP contribution in [0.2, 0.25) is 0 Å². The van der Waals surface area contributed by atoms with E-state index in [9.17, 15) is 0 Å². The normalized spacial score (nSPS) is 18.4. The summed E-state index contributed by atoms with van der Waals surface area (Å²) in [4.78, 5) is 0. The Kier molecular flexibility index (Phi) is 3.96. The lowest BCUT2D eigenvalue weighted by molar-refractivity contribution is 0.190. The first-order valence-corrected chi connectivity index (χ1v) is 5.18. The van der Waals surface area contributed by atoms with E-state index in [4.69, 9.17) is 0 Å². The Balaban J connectivity index is 2.90. The maximum Gasteiger partial charge on any atom is 0.0512 e. The van der Waals surface area contributed by atoms with Crippen LogP contribution in [0, 0.1) is 0 Å². The van der Waals surface area contributed by atoms with Crippen molar-refractivity contribution >= 4 is 0 Å². The summed E-state index contributed by atoms with van der Waals surface area (Å²) >= 11 is 0. The number of nitrogens with zero attached hydrogens (tertiary/aromatic N) is 1. The van der Waals surface area contributed by atoms with Gasteiger partial charge in [-0.2, -0.15) is 0 Å². The molecule has 0 unspecified atom stereocenters. The van der Waals surface area contributed by atoms with Gasteiger partial charge in [0.25, 0.3) is 0 Å². The molecule has 0 atom stereocenters. The van der Waals surface area contributed by atoms with Crippen molar-refractivity contribution < 1.29 is 0 Å². The second-order valence-electron chi connectivity index (χ2n) is 3.88. The second kappa shape index (κ2) is 5.01. The number of allylic oxidation sites excluding steroid dienone is 3. The van der Waals surface area contributed by atoms with E-state index in [1.807, 2.05) is 12.2 Å². The van der Waals surface area contributed by atoms with E-state index in [1.165, 1.54) is 11.3 Å². The molecule has 78 valence electrons. The van der Waals surface area contributed by atoms with Crippen LogP contribution in [-0.4, -0.2) is 17.6 Å². The minimum Gasteiger partial charge on any atom is -0.306 e. The zero-order chi connectivity index (χ0) is 10.6. The molecule has 0 aliphatic carbocycles. The maximum atomic E-state index is 3.69. The van der Waals surface area contributed by atoms with E-state index in [2.05, 4.69) is 43.9 Å². The first kappa shape index (κ1) is 11.1. The van der Waals surface area contributed by atoms with Gasteiger partial charge >= 0.3 is 0 Å². The molecule has 0 fully saturated rings. The third kappa shape index (κ3) is 2.48. The third-order valence-electron chi connectivity index (χ3n) is 2.39. The molecule has 2 heteroatoms. The molecule has 0 aromatic rings. The van der Waals surface area contributed by atoms with E-state index in [1.54, 1.807) is 0 Å². The Labute approximate surface area is 87.0 Å². The topological polar surface area (TPSA) is 15.3 Å². The standard InChI is InChI=1S/C12H20N2/c1-5-6-7-12-11(4)8-9-13-14(12)10(2)3/h5-7,10,13H,1,8-9H2,2-4H3/b7-6-. The predicted molar refractivity (Wildman–Crippen MR) is 61.6 cm³/mol. The number of nitrogens with one attached hydrogen (secondary N) is 1. The highest BCUT2D eigenvalue weighted by Gasteiger charge is 2.16. The summed E-state index contributed by atoms with van der Waals surface area (Å²) in [6.45, 7) is 11.3. The van der Waals surface area contributed by atoms with Gasteiger partial charge in [-0.15, -0.1) is 0 Å². The molecule has 0 aromatic carbocycles. The largest absolute Gasteiger partial charge is 0.306 e. The average molecular weight is 192 g/mol. The lowest BCUT2D eigenvalue weighted by Crippen LogP contribution is -2.45. The monoisotopic (exact) mass is 192 g/mol. The second-order valence-corrected chi connectivity index (χ2v) is 3.88. The Morgan fingerprint density at radius 3 is 2.79 bits per heavy atom. The molecular formula is C12H20N2. The summed E-state index contributed by atoms with van der Waals surface area (Å²) in [5.41, 5.74) is 6.12. The van der Waals surface area contributed by atoms with Gasteiger partial charge in [-0.1, -0.05) is 18.7 Å². The summed E-state index contributed by atoms with van der Waals surface area (Å²) in [5.74, 6) is 0. The summed E-state index contributed by atoms with van der Waals surface area (Å²) < 4.78 is 0. The molecule has 1 N–H and O–H groups in total. The van der Waals surface area contributed by atoms with Gasteiger partial charge in [0.05, 0.1) is 5.70 Å². The van der Waals surface area contributed by atoms with Gasteiger partial charge < -0.3 is 5.01 Å². The average Bonchev–Trinajstić information content (AvgIpc) is 2.15. The number of hydrazine groups is 1. The highest BCUT2D eigenvalue weighted by atomic mass is 15.5. The van der Waals surface area contributed by atoms with Crippen molar-refractivity contribution in [2.75, 3.05) is 6.54 Å². The number of hydrogen-bond acceptors (Lipinski definition) is 2. The first-order chi connectivity index (χ1) is 6.66. The van der Waals surface area contributed by atoms with Gasteiger partial charge in [0, 0.05) is 12.6 Å². The van der Waals surface area contributed by atoms with Crippen LogP contribution in [0.5, 0.6) is 0 Å². The fourth-order valence-corrected chi connectivity index (χ4v) is 1.63. The van der Waals surface area contributed by atoms with E-state index in [0.717, 1.165) is 13.0 Å². The van der Waals surface area contributed by atoms with E-state index >= 15 is 0 Å². The van der Waals surface area contributed by atoms with Gasteiger partial charge in [0.2, 0.25) is 0 Å². The van der Waals surface area contributed by atoms with Crippen LogP contribution in [0.25, 0.3) is 0 Å². The molecule has 2 nitrogen and oxygen atoms in total. The molecule has 0 amide bonds. The SMILES string of the molecule is C=C/C=C\C1=C(C)CCNN1C(C)C. The lowest BCUT2D eigenvalue weighted by Gasteiger charge is -2.35. The fraction of sp³-hybridized carbons (Fsp3) is 0.500. The van der Waals surface area contributed by atoms with Crippen molar-refractivity contribution in [3.05, 3.63) is 36.1 Å². The molecule has 1 aliphatic rings. The van der Waals surface area contributed by atoms with Gasteiger partial charge in [0.15, 0.2) is 0 Å². The summed E-state index contributed by atoms with van der Waals surface area (Å²) in [7, 11) is 0. The molecule has 0 aromatic heterocycles. The van der Waals surface area contributed by atoms with Crippen molar-refractivity contribution in [2.45, 2.75) is 33.2 Å². The molecule has 14 heavy (non-hydrogen) atoms. The van der Waals surface area contributed by atoms with Crippen LogP contribution >= 0.6 is 0 Å². The molecule has 1 aliphatic heterocycles. The highest BCUT2D eigenvalue weighted by molar-refractivity contribution is 5.27. The van der Waals surface area contributed by atoms with Crippen molar-refractivity contribution in [1.29, 1.82) is 0 Å². The molecule has 0 saturated heterocycles. The molecule has 0 spiro atoms. The molecular weight excluding hydrogens is 172 g/mol. The quantitative estimate of drug-likeness (QED) is 0.691. The van der Waals surface area contributed by atoms with Crippen molar-refractivity contribution in [2.24, 2.45) is 0 Å². The van der Waals surface area contributed by atoms with Crippen molar-refractivity contribution in [1.82, 2.24) is 10.4 Å². The zero-order valence-corrected chi connectivity index (χ0v) is 9.38. The predicted octanol–water partition coefficient (Wildman–Crippen LogP) is 2.62. The smallest absolute Gasteiger partial charge is 0.0512 e. The number of rotatable bonds is 3. The summed E-state index contributed by atoms with van der Waals surface area (Å²) in [6.07, 6.45) is 7.04. The Hall–Kier alpha value is -1.02. The van der Waals surface area contributed by atoms with Crippen molar-refractivity contribution in [3.8, 4) is 0 Å². The van der Waals surface area contributed by atoms with Crippen LogP contribution in [0.1, 0.15) is 27.2 Å².